The summed E-state index contributed by atoms with van der Waals surface area (Å²) in [5, 5.41) is 0. The fourth-order valence-corrected chi connectivity index (χ4v) is 1.10. The summed E-state index contributed by atoms with van der Waals surface area (Å²) in [7, 11) is 0. The van der Waals surface area contributed by atoms with E-state index in [4.69, 9.17) is 5.73 Å². The van der Waals surface area contributed by atoms with Crippen molar-refractivity contribution >= 4 is 0 Å². The van der Waals surface area contributed by atoms with Crippen molar-refractivity contribution in [1.29, 1.82) is 0 Å². The molecule has 82 valence electrons. The Morgan fingerprint density at radius 2 is 1.93 bits per heavy atom. The lowest BCUT2D eigenvalue weighted by Gasteiger charge is -2.12. The molecule has 0 spiro atoms. The van der Waals surface area contributed by atoms with E-state index < -0.39 is 23.6 Å². The minimum absolute atomic E-state index is 0.208. The molecule has 0 amide bonds. The molecule has 1 aromatic carbocycles. The lowest BCUT2D eigenvalue weighted by atomic mass is 10.0. The molecule has 0 aliphatic rings. The molecule has 0 aliphatic heterocycles. The smallest absolute Gasteiger partial charge is 0.321 e. The largest absolute Gasteiger partial charge is 0.416 e. The Hall–Kier alpha value is -1.36. The first-order valence-corrected chi connectivity index (χ1v) is 4.11. The third-order valence-electron chi connectivity index (χ3n) is 1.94. The van der Waals surface area contributed by atoms with Crippen molar-refractivity contribution in [2.24, 2.45) is 5.73 Å². The Labute approximate surface area is 84.2 Å². The van der Waals surface area contributed by atoms with Crippen molar-refractivity contribution in [1.82, 2.24) is 0 Å². The number of hydrogen-bond acceptors (Lipinski definition) is 1. The highest BCUT2D eigenvalue weighted by atomic mass is 19.4. The van der Waals surface area contributed by atoms with Crippen LogP contribution in [0.2, 0.25) is 0 Å². The molecule has 1 atom stereocenters. The van der Waals surface area contributed by atoms with Gasteiger partial charge in [0.15, 0.2) is 0 Å². The van der Waals surface area contributed by atoms with Gasteiger partial charge in [-0.05, 0) is 18.2 Å². The van der Waals surface area contributed by atoms with Crippen LogP contribution in [0.15, 0.2) is 30.9 Å². The van der Waals surface area contributed by atoms with Gasteiger partial charge in [-0.15, -0.1) is 6.58 Å². The number of rotatable bonds is 2. The number of hydrogen-bond donors (Lipinski definition) is 1. The van der Waals surface area contributed by atoms with Gasteiger partial charge in [-0.2, -0.15) is 13.2 Å². The Morgan fingerprint density at radius 3 is 2.40 bits per heavy atom. The molecule has 0 radical (unpaired) electrons. The zero-order chi connectivity index (χ0) is 11.6. The second-order valence-corrected chi connectivity index (χ2v) is 3.00. The second kappa shape index (κ2) is 4.02. The van der Waals surface area contributed by atoms with E-state index in [9.17, 15) is 17.6 Å². The van der Waals surface area contributed by atoms with Crippen LogP contribution in [0.1, 0.15) is 17.2 Å². The number of alkyl halides is 3. The van der Waals surface area contributed by atoms with E-state index in [0.717, 1.165) is 6.07 Å². The molecule has 0 saturated heterocycles. The van der Waals surface area contributed by atoms with Crippen LogP contribution in [0.4, 0.5) is 17.6 Å². The van der Waals surface area contributed by atoms with Crippen LogP contribution >= 0.6 is 0 Å². The minimum atomic E-state index is -4.50. The fraction of sp³-hybridized carbons (Fsp3) is 0.200. The zero-order valence-electron chi connectivity index (χ0n) is 7.68. The van der Waals surface area contributed by atoms with Gasteiger partial charge in [0.1, 0.15) is 5.82 Å². The Morgan fingerprint density at radius 1 is 1.33 bits per heavy atom. The van der Waals surface area contributed by atoms with E-state index in [1.807, 2.05) is 0 Å². The predicted octanol–water partition coefficient (Wildman–Crippen LogP) is 3.03. The van der Waals surface area contributed by atoms with E-state index in [1.165, 1.54) is 6.08 Å². The van der Waals surface area contributed by atoms with Gasteiger partial charge in [0.2, 0.25) is 0 Å². The molecule has 0 saturated carbocycles. The summed E-state index contributed by atoms with van der Waals surface area (Å²) < 4.78 is 49.9. The fourth-order valence-electron chi connectivity index (χ4n) is 1.10. The van der Waals surface area contributed by atoms with Crippen LogP contribution < -0.4 is 5.73 Å². The number of benzene rings is 1. The van der Waals surface area contributed by atoms with Gasteiger partial charge in [-0.25, -0.2) is 4.39 Å². The van der Waals surface area contributed by atoms with Crippen LogP contribution in [0.3, 0.4) is 0 Å². The van der Waals surface area contributed by atoms with Gasteiger partial charge < -0.3 is 5.73 Å². The standard InChI is InChI=1S/C10H9F4N/c1-2-9(15)7-5-6(10(12,13)14)3-4-8(7)11/h2-5,9H,1,15H2. The first-order valence-electron chi connectivity index (χ1n) is 4.11. The van der Waals surface area contributed by atoms with Gasteiger partial charge in [0.25, 0.3) is 0 Å². The minimum Gasteiger partial charge on any atom is -0.321 e. The van der Waals surface area contributed by atoms with Gasteiger partial charge in [0.05, 0.1) is 11.6 Å². The van der Waals surface area contributed by atoms with Crippen LogP contribution in [0, 0.1) is 5.82 Å². The Balaban J connectivity index is 3.22. The van der Waals surface area contributed by atoms with Crippen LogP contribution in [0.25, 0.3) is 0 Å². The third kappa shape index (κ3) is 2.56. The van der Waals surface area contributed by atoms with Crippen molar-refractivity contribution in [3.05, 3.63) is 47.8 Å². The molecular formula is C10H9F4N. The van der Waals surface area contributed by atoms with E-state index in [0.29, 0.717) is 12.1 Å². The molecule has 0 fully saturated rings. The maximum Gasteiger partial charge on any atom is 0.416 e. The summed E-state index contributed by atoms with van der Waals surface area (Å²) in [4.78, 5) is 0. The molecule has 1 nitrogen and oxygen atoms in total. The van der Waals surface area contributed by atoms with Crippen molar-refractivity contribution in [3.8, 4) is 0 Å². The Kier molecular flexibility index (Phi) is 3.14. The monoisotopic (exact) mass is 219 g/mol. The summed E-state index contributed by atoms with van der Waals surface area (Å²) in [6, 6.07) is 1.19. The van der Waals surface area contributed by atoms with Crippen molar-refractivity contribution in [2.45, 2.75) is 12.2 Å². The summed E-state index contributed by atoms with van der Waals surface area (Å²) in [6.45, 7) is 3.30. The Bertz CT molecular complexity index is 370. The highest BCUT2D eigenvalue weighted by Crippen LogP contribution is 2.31. The van der Waals surface area contributed by atoms with Gasteiger partial charge >= 0.3 is 6.18 Å². The van der Waals surface area contributed by atoms with E-state index in [-0.39, 0.29) is 5.56 Å². The van der Waals surface area contributed by atoms with Gasteiger partial charge in [-0.1, -0.05) is 6.08 Å². The predicted molar refractivity (Wildman–Crippen MR) is 48.5 cm³/mol. The highest BCUT2D eigenvalue weighted by molar-refractivity contribution is 5.31. The molecule has 5 heteroatoms. The molecule has 0 aliphatic carbocycles. The molecular weight excluding hydrogens is 210 g/mol. The summed E-state index contributed by atoms with van der Waals surface area (Å²) in [6.07, 6.45) is -3.32. The molecule has 15 heavy (non-hydrogen) atoms. The average molecular weight is 219 g/mol. The van der Waals surface area contributed by atoms with Crippen molar-refractivity contribution in [3.63, 3.8) is 0 Å². The lowest BCUT2D eigenvalue weighted by molar-refractivity contribution is -0.137. The van der Waals surface area contributed by atoms with Crippen LogP contribution in [0.5, 0.6) is 0 Å². The van der Waals surface area contributed by atoms with Crippen molar-refractivity contribution < 1.29 is 17.6 Å². The third-order valence-corrected chi connectivity index (χ3v) is 1.94. The summed E-state index contributed by atoms with van der Waals surface area (Å²) in [5.74, 6) is -0.768. The summed E-state index contributed by atoms with van der Waals surface area (Å²) in [5.41, 5.74) is 4.25. The van der Waals surface area contributed by atoms with Crippen LogP contribution in [-0.4, -0.2) is 0 Å². The van der Waals surface area contributed by atoms with E-state index in [2.05, 4.69) is 6.58 Å². The van der Waals surface area contributed by atoms with E-state index >= 15 is 0 Å². The first-order chi connectivity index (χ1) is 6.86. The second-order valence-electron chi connectivity index (χ2n) is 3.00. The van der Waals surface area contributed by atoms with E-state index in [1.54, 1.807) is 0 Å². The quantitative estimate of drug-likeness (QED) is 0.600. The molecule has 1 unspecified atom stereocenters. The van der Waals surface area contributed by atoms with Gasteiger partial charge in [-0.3, -0.25) is 0 Å². The molecule has 0 aromatic heterocycles. The normalized spacial score (nSPS) is 13.7. The van der Waals surface area contributed by atoms with Gasteiger partial charge in [0, 0.05) is 5.56 Å². The topological polar surface area (TPSA) is 26.0 Å². The maximum atomic E-state index is 13.1. The average Bonchev–Trinajstić information content (AvgIpc) is 2.15. The lowest BCUT2D eigenvalue weighted by Crippen LogP contribution is -2.12. The molecule has 1 rings (SSSR count). The SMILES string of the molecule is C=CC(N)c1cc(C(F)(F)F)ccc1F. The summed E-state index contributed by atoms with van der Waals surface area (Å²) >= 11 is 0. The number of nitrogens with two attached hydrogens (primary N) is 1. The van der Waals surface area contributed by atoms with Crippen molar-refractivity contribution in [2.75, 3.05) is 0 Å². The number of halogens is 4. The zero-order valence-corrected chi connectivity index (χ0v) is 7.68. The van der Waals surface area contributed by atoms with Crippen LogP contribution in [-0.2, 0) is 6.18 Å². The highest BCUT2D eigenvalue weighted by Gasteiger charge is 2.31. The maximum absolute atomic E-state index is 13.1. The molecule has 2 N–H and O–H groups in total. The molecule has 0 bridgehead atoms. The first kappa shape index (κ1) is 11.7. The molecule has 0 heterocycles. The molecule has 1 aromatic rings.